The minimum Gasteiger partial charge on any atom is -0.195 e. The van der Waals surface area contributed by atoms with Gasteiger partial charge in [0.1, 0.15) is 0 Å². The van der Waals surface area contributed by atoms with E-state index in [4.69, 9.17) is 29.3 Å². The minimum absolute atomic E-state index is 0.777. The second kappa shape index (κ2) is 15.4. The lowest BCUT2D eigenvalue weighted by Gasteiger charge is -2.37. The van der Waals surface area contributed by atoms with Crippen molar-refractivity contribution in [2.75, 3.05) is 0 Å². The van der Waals surface area contributed by atoms with Crippen LogP contribution < -0.4 is 0 Å². The molecule has 0 atom stereocenters. The van der Waals surface area contributed by atoms with E-state index in [0.717, 1.165) is 77.0 Å². The van der Waals surface area contributed by atoms with Crippen LogP contribution in [0.1, 0.15) is 173 Å². The third-order valence-electron chi connectivity index (χ3n) is 8.88. The molecule has 36 heavy (non-hydrogen) atoms. The van der Waals surface area contributed by atoms with Gasteiger partial charge in [0, 0.05) is 38.5 Å². The van der Waals surface area contributed by atoms with Gasteiger partial charge in [-0.2, -0.15) is 29.3 Å². The first-order valence-corrected chi connectivity index (χ1v) is 15.8. The molecule has 6 heteroatoms. The zero-order valence-electron chi connectivity index (χ0n) is 23.0. The van der Waals surface area contributed by atoms with E-state index in [1.54, 1.807) is 0 Å². The molecular formula is C30H54O6. The van der Waals surface area contributed by atoms with Gasteiger partial charge in [-0.3, -0.25) is 0 Å². The largest absolute Gasteiger partial charge is 0.234 e. The fraction of sp³-hybridized carbons (Fsp3) is 1.00. The van der Waals surface area contributed by atoms with Gasteiger partial charge in [-0.15, -0.1) is 0 Å². The second-order valence-corrected chi connectivity index (χ2v) is 12.2. The molecule has 0 bridgehead atoms. The van der Waals surface area contributed by atoms with Crippen molar-refractivity contribution in [2.24, 2.45) is 0 Å². The van der Waals surface area contributed by atoms with Crippen molar-refractivity contribution in [3.63, 3.8) is 0 Å². The van der Waals surface area contributed by atoms with Crippen molar-refractivity contribution in [1.29, 1.82) is 0 Å². The number of hydrogen-bond donors (Lipinski definition) is 0. The molecule has 0 aromatic rings. The standard InChI is InChI=1S/C30H54O6/c1-3-7-11-16-22-28(23-17-12-8-4-1)31-32-29(24-18-13-9-5-2-6-10-14-19-25-29)34-36-30(35-33-28)26-20-15-21-27-30/h1-27H2. The quantitative estimate of drug-likeness (QED) is 0.302. The normalized spacial score (nSPS) is 30.0. The molecular weight excluding hydrogens is 456 g/mol. The summed E-state index contributed by atoms with van der Waals surface area (Å²) in [6.45, 7) is 0. The summed E-state index contributed by atoms with van der Waals surface area (Å²) in [5.41, 5.74) is 0. The van der Waals surface area contributed by atoms with Gasteiger partial charge in [0.25, 0.3) is 0 Å². The van der Waals surface area contributed by atoms with Crippen molar-refractivity contribution >= 4 is 0 Å². The maximum atomic E-state index is 6.39. The Morgan fingerprint density at radius 1 is 0.194 bits per heavy atom. The highest BCUT2D eigenvalue weighted by atomic mass is 17.4. The Hall–Kier alpha value is -0.240. The van der Waals surface area contributed by atoms with Crippen molar-refractivity contribution in [3.8, 4) is 0 Å². The lowest BCUT2D eigenvalue weighted by Crippen LogP contribution is -2.43. The Morgan fingerprint density at radius 2 is 0.333 bits per heavy atom. The summed E-state index contributed by atoms with van der Waals surface area (Å²) in [7, 11) is 0. The lowest BCUT2D eigenvalue weighted by atomic mass is 9.94. The summed E-state index contributed by atoms with van der Waals surface area (Å²) in [4.78, 5) is 37.9. The van der Waals surface area contributed by atoms with Crippen LogP contribution in [0.3, 0.4) is 0 Å². The van der Waals surface area contributed by atoms with E-state index in [1.807, 2.05) is 0 Å². The van der Waals surface area contributed by atoms with Crippen LogP contribution >= 0.6 is 0 Å². The fourth-order valence-electron chi connectivity index (χ4n) is 6.39. The van der Waals surface area contributed by atoms with E-state index in [-0.39, 0.29) is 0 Å². The van der Waals surface area contributed by atoms with E-state index < -0.39 is 17.4 Å². The van der Waals surface area contributed by atoms with E-state index in [0.29, 0.717) is 0 Å². The summed E-state index contributed by atoms with van der Waals surface area (Å²) in [6, 6.07) is 0. The Labute approximate surface area is 220 Å². The monoisotopic (exact) mass is 510 g/mol. The highest BCUT2D eigenvalue weighted by Crippen LogP contribution is 2.43. The second-order valence-electron chi connectivity index (χ2n) is 12.2. The van der Waals surface area contributed by atoms with Crippen molar-refractivity contribution in [1.82, 2.24) is 0 Å². The van der Waals surface area contributed by atoms with Crippen molar-refractivity contribution < 1.29 is 29.3 Å². The average Bonchev–Trinajstić information content (AvgIpc) is 2.94. The first kappa shape index (κ1) is 28.8. The highest BCUT2D eigenvalue weighted by molar-refractivity contribution is 4.77. The Morgan fingerprint density at radius 3 is 0.528 bits per heavy atom. The summed E-state index contributed by atoms with van der Waals surface area (Å²) in [5.74, 6) is -2.68. The Balaban J connectivity index is 1.54. The Bertz CT molecular complexity index is 522. The van der Waals surface area contributed by atoms with Crippen LogP contribution in [0.2, 0.25) is 0 Å². The molecule has 210 valence electrons. The molecule has 6 nitrogen and oxygen atoms in total. The van der Waals surface area contributed by atoms with Crippen LogP contribution in [0.25, 0.3) is 0 Å². The summed E-state index contributed by atoms with van der Waals surface area (Å²) in [5, 5.41) is 0. The molecule has 4 fully saturated rings. The van der Waals surface area contributed by atoms with Gasteiger partial charge in [0.05, 0.1) is 0 Å². The smallest absolute Gasteiger partial charge is 0.195 e. The van der Waals surface area contributed by atoms with Crippen molar-refractivity contribution in [2.45, 2.75) is 191 Å². The molecule has 0 aromatic heterocycles. The average molecular weight is 511 g/mol. The van der Waals surface area contributed by atoms with E-state index in [2.05, 4.69) is 0 Å². The molecule has 0 aromatic carbocycles. The van der Waals surface area contributed by atoms with Gasteiger partial charge < -0.3 is 0 Å². The summed E-state index contributed by atoms with van der Waals surface area (Å²) in [6.07, 6.45) is 30.1. The van der Waals surface area contributed by atoms with E-state index >= 15 is 0 Å². The molecule has 0 amide bonds. The van der Waals surface area contributed by atoms with Crippen LogP contribution in [-0.2, 0) is 29.3 Å². The first-order valence-electron chi connectivity index (χ1n) is 15.8. The van der Waals surface area contributed by atoms with E-state index in [9.17, 15) is 0 Å². The van der Waals surface area contributed by atoms with E-state index in [1.165, 1.54) is 96.3 Å². The summed E-state index contributed by atoms with van der Waals surface area (Å²) < 4.78 is 0. The van der Waals surface area contributed by atoms with Crippen LogP contribution in [-0.4, -0.2) is 17.4 Å². The van der Waals surface area contributed by atoms with Gasteiger partial charge in [0.2, 0.25) is 17.4 Å². The molecule has 3 spiro atoms. The molecule has 0 N–H and O–H groups in total. The van der Waals surface area contributed by atoms with Crippen LogP contribution in [0.4, 0.5) is 0 Å². The molecule has 0 radical (unpaired) electrons. The van der Waals surface area contributed by atoms with Crippen LogP contribution in [0.15, 0.2) is 0 Å². The molecule has 1 heterocycles. The third kappa shape index (κ3) is 9.20. The molecule has 3 aliphatic carbocycles. The zero-order valence-corrected chi connectivity index (χ0v) is 23.0. The molecule has 4 aliphatic rings. The third-order valence-corrected chi connectivity index (χ3v) is 8.88. The lowest BCUT2D eigenvalue weighted by molar-refractivity contribution is -0.554. The molecule has 3 saturated carbocycles. The highest BCUT2D eigenvalue weighted by Gasteiger charge is 2.49. The SMILES string of the molecule is C1CCCCCC2(CCCCC1)OOC1(CCCCCCCCCCC1)OOC1(CCCCC1)OO2. The maximum Gasteiger partial charge on any atom is 0.234 e. The predicted molar refractivity (Wildman–Crippen MR) is 139 cm³/mol. The maximum absolute atomic E-state index is 6.39. The number of hydrogen-bond acceptors (Lipinski definition) is 6. The molecule has 1 saturated heterocycles. The summed E-state index contributed by atoms with van der Waals surface area (Å²) >= 11 is 0. The Kier molecular flexibility index (Phi) is 12.3. The van der Waals surface area contributed by atoms with Crippen LogP contribution in [0.5, 0.6) is 0 Å². The van der Waals surface area contributed by atoms with Gasteiger partial charge in [-0.25, -0.2) is 0 Å². The van der Waals surface area contributed by atoms with Crippen LogP contribution in [0, 0.1) is 0 Å². The zero-order chi connectivity index (χ0) is 24.8. The van der Waals surface area contributed by atoms with Gasteiger partial charge >= 0.3 is 0 Å². The van der Waals surface area contributed by atoms with Gasteiger partial charge in [0.15, 0.2) is 0 Å². The minimum atomic E-state index is -0.905. The first-order chi connectivity index (χ1) is 17.7. The topological polar surface area (TPSA) is 55.4 Å². The fourth-order valence-corrected chi connectivity index (χ4v) is 6.39. The van der Waals surface area contributed by atoms with Crippen molar-refractivity contribution in [3.05, 3.63) is 0 Å². The van der Waals surface area contributed by atoms with Gasteiger partial charge in [-0.1, -0.05) is 96.3 Å². The van der Waals surface area contributed by atoms with Gasteiger partial charge in [-0.05, 0) is 38.5 Å². The number of rotatable bonds is 0. The molecule has 4 rings (SSSR count). The predicted octanol–water partition coefficient (Wildman–Crippen LogP) is 9.51. The molecule has 1 aliphatic heterocycles. The molecule has 0 unspecified atom stereocenters.